The van der Waals surface area contributed by atoms with Crippen LogP contribution >= 0.6 is 12.4 Å². The number of piperidine rings is 1. The second kappa shape index (κ2) is 10.2. The van der Waals surface area contributed by atoms with Gasteiger partial charge in [0.1, 0.15) is 5.75 Å². The van der Waals surface area contributed by atoms with Crippen molar-refractivity contribution in [3.63, 3.8) is 0 Å². The first kappa shape index (κ1) is 22.7. The number of primary amides is 1. The van der Waals surface area contributed by atoms with Crippen LogP contribution in [0, 0.1) is 0 Å². The van der Waals surface area contributed by atoms with E-state index in [9.17, 15) is 14.7 Å². The number of nitrogens with one attached hydrogen (secondary N) is 2. The van der Waals surface area contributed by atoms with Crippen LogP contribution in [0.5, 0.6) is 5.75 Å². The molecule has 29 heavy (non-hydrogen) atoms. The van der Waals surface area contributed by atoms with E-state index >= 15 is 0 Å². The number of β-amino-alcohol motifs (C(OH)–C–C–N with tert-alkyl or cyclic N) is 1. The number of ether oxygens (including phenoxy) is 1. The van der Waals surface area contributed by atoms with Gasteiger partial charge in [0.05, 0.1) is 5.60 Å². The zero-order valence-corrected chi connectivity index (χ0v) is 16.8. The van der Waals surface area contributed by atoms with Crippen LogP contribution in [-0.2, 0) is 4.79 Å². The highest BCUT2D eigenvalue weighted by Crippen LogP contribution is 2.23. The van der Waals surface area contributed by atoms with Crippen molar-refractivity contribution < 1.29 is 19.4 Å². The molecule has 0 aromatic heterocycles. The predicted molar refractivity (Wildman–Crippen MR) is 113 cm³/mol. The Morgan fingerprint density at radius 1 is 1.10 bits per heavy atom. The zero-order chi connectivity index (χ0) is 20.0. The fourth-order valence-corrected chi connectivity index (χ4v) is 3.16. The molecule has 0 saturated carbocycles. The number of nitrogens with two attached hydrogens (primary N) is 1. The second-order valence-electron chi connectivity index (χ2n) is 7.04. The number of carbonyl (C=O) groups is 2. The quantitative estimate of drug-likeness (QED) is 0.543. The third kappa shape index (κ3) is 6.45. The number of amides is 2. The van der Waals surface area contributed by atoms with Gasteiger partial charge in [-0.25, -0.2) is 0 Å². The number of carbonyl (C=O) groups excluding carboxylic acids is 2. The Bertz CT molecular complexity index is 819. The number of aliphatic hydroxyl groups is 1. The average molecular weight is 420 g/mol. The molecule has 0 spiro atoms. The predicted octanol–water partition coefficient (Wildman–Crippen LogP) is 1.48. The van der Waals surface area contributed by atoms with Gasteiger partial charge in [-0.3, -0.25) is 9.59 Å². The Labute approximate surface area is 176 Å². The topological polar surface area (TPSA) is 114 Å². The highest BCUT2D eigenvalue weighted by atomic mass is 35.5. The van der Waals surface area contributed by atoms with Gasteiger partial charge in [0.2, 0.25) is 0 Å². The van der Waals surface area contributed by atoms with E-state index in [1.54, 1.807) is 24.3 Å². The lowest BCUT2D eigenvalue weighted by Gasteiger charge is -2.32. The Morgan fingerprint density at radius 3 is 2.28 bits per heavy atom. The Hall–Kier alpha value is -2.61. The Balaban J connectivity index is 0.00000300. The molecule has 1 atom stereocenters. The molecule has 5 N–H and O–H groups in total. The molecule has 0 aliphatic carbocycles. The summed E-state index contributed by atoms with van der Waals surface area (Å²) in [5, 5.41) is 16.4. The molecule has 1 aliphatic rings. The van der Waals surface area contributed by atoms with E-state index in [1.165, 1.54) is 0 Å². The lowest BCUT2D eigenvalue weighted by Crippen LogP contribution is -2.52. The average Bonchev–Trinajstić information content (AvgIpc) is 2.72. The molecule has 1 unspecified atom stereocenters. The summed E-state index contributed by atoms with van der Waals surface area (Å²) in [5.74, 6) is -0.167. The van der Waals surface area contributed by atoms with Crippen molar-refractivity contribution >= 4 is 24.2 Å². The lowest BCUT2D eigenvalue weighted by molar-refractivity contribution is -0.119. The first-order chi connectivity index (χ1) is 13.5. The molecule has 8 heteroatoms. The minimum Gasteiger partial charge on any atom is -0.484 e. The van der Waals surface area contributed by atoms with Crippen LogP contribution in [0.25, 0.3) is 11.1 Å². The highest BCUT2D eigenvalue weighted by Gasteiger charge is 2.29. The van der Waals surface area contributed by atoms with Gasteiger partial charge in [-0.2, -0.15) is 0 Å². The van der Waals surface area contributed by atoms with Crippen molar-refractivity contribution in [2.75, 3.05) is 26.2 Å². The van der Waals surface area contributed by atoms with E-state index in [0.29, 0.717) is 24.3 Å². The molecule has 0 radical (unpaired) electrons. The molecule has 0 bridgehead atoms. The van der Waals surface area contributed by atoms with E-state index in [-0.39, 0.29) is 31.5 Å². The van der Waals surface area contributed by atoms with Crippen molar-refractivity contribution in [3.05, 3.63) is 54.1 Å². The summed E-state index contributed by atoms with van der Waals surface area (Å²) >= 11 is 0. The van der Waals surface area contributed by atoms with Gasteiger partial charge in [0.25, 0.3) is 11.8 Å². The van der Waals surface area contributed by atoms with Crippen molar-refractivity contribution in [1.29, 1.82) is 0 Å². The summed E-state index contributed by atoms with van der Waals surface area (Å²) in [6.45, 7) is 1.46. The largest absolute Gasteiger partial charge is 0.484 e. The highest BCUT2D eigenvalue weighted by molar-refractivity contribution is 5.94. The minimum atomic E-state index is -0.883. The maximum atomic E-state index is 12.4. The second-order valence-corrected chi connectivity index (χ2v) is 7.04. The standard InChI is InChI=1S/C21H25N3O4.ClH/c22-19(25)12-28-18-8-6-16(7-9-18)15-2-4-17(5-3-15)20(26)24-14-21(27)10-1-11-23-13-21;/h2-9,23,27H,1,10-14H2,(H2,22,25)(H,24,26);1H. The number of rotatable bonds is 7. The fourth-order valence-electron chi connectivity index (χ4n) is 3.16. The smallest absolute Gasteiger partial charge is 0.255 e. The van der Waals surface area contributed by atoms with Gasteiger partial charge in [-0.05, 0) is 54.8 Å². The molecule has 1 saturated heterocycles. The summed E-state index contributed by atoms with van der Waals surface area (Å²) in [4.78, 5) is 23.1. The van der Waals surface area contributed by atoms with E-state index < -0.39 is 11.5 Å². The molecule has 2 amide bonds. The molecule has 1 fully saturated rings. The van der Waals surface area contributed by atoms with Gasteiger partial charge in [-0.15, -0.1) is 12.4 Å². The van der Waals surface area contributed by atoms with Crippen molar-refractivity contribution in [2.45, 2.75) is 18.4 Å². The van der Waals surface area contributed by atoms with Crippen molar-refractivity contribution in [3.8, 4) is 16.9 Å². The maximum absolute atomic E-state index is 12.4. The van der Waals surface area contributed by atoms with E-state index in [0.717, 1.165) is 24.1 Å². The van der Waals surface area contributed by atoms with Gasteiger partial charge in [0.15, 0.2) is 6.61 Å². The fraction of sp³-hybridized carbons (Fsp3) is 0.333. The van der Waals surface area contributed by atoms with Crippen LogP contribution in [0.3, 0.4) is 0 Å². The molecular weight excluding hydrogens is 394 g/mol. The molecule has 1 aliphatic heterocycles. The van der Waals surface area contributed by atoms with Crippen LogP contribution in [0.1, 0.15) is 23.2 Å². The van der Waals surface area contributed by atoms with Gasteiger partial charge >= 0.3 is 0 Å². The van der Waals surface area contributed by atoms with Crippen LogP contribution in [0.2, 0.25) is 0 Å². The number of hydrogen-bond donors (Lipinski definition) is 4. The summed E-state index contributed by atoms with van der Waals surface area (Å²) in [6, 6.07) is 14.5. The third-order valence-corrected chi connectivity index (χ3v) is 4.74. The molecule has 156 valence electrons. The van der Waals surface area contributed by atoms with Crippen LogP contribution < -0.4 is 21.1 Å². The lowest BCUT2D eigenvalue weighted by atomic mass is 9.94. The van der Waals surface area contributed by atoms with E-state index in [4.69, 9.17) is 10.5 Å². The Kier molecular flexibility index (Phi) is 8.01. The molecule has 7 nitrogen and oxygen atoms in total. The zero-order valence-electron chi connectivity index (χ0n) is 16.0. The van der Waals surface area contributed by atoms with Gasteiger partial charge in [0, 0.05) is 18.7 Å². The summed E-state index contributed by atoms with van der Waals surface area (Å²) in [5.41, 5.74) is 6.63. The number of benzene rings is 2. The van der Waals surface area contributed by atoms with Crippen LogP contribution in [-0.4, -0.2) is 48.8 Å². The first-order valence-corrected chi connectivity index (χ1v) is 9.28. The summed E-state index contributed by atoms with van der Waals surface area (Å²) in [6.07, 6.45) is 1.58. The molecule has 2 aromatic rings. The maximum Gasteiger partial charge on any atom is 0.255 e. The first-order valence-electron chi connectivity index (χ1n) is 9.28. The van der Waals surface area contributed by atoms with Crippen LogP contribution in [0.15, 0.2) is 48.5 Å². The van der Waals surface area contributed by atoms with Gasteiger partial charge < -0.3 is 26.2 Å². The summed E-state index contributed by atoms with van der Waals surface area (Å²) < 4.78 is 5.24. The molecule has 2 aromatic carbocycles. The molecule has 3 rings (SSSR count). The SMILES string of the molecule is Cl.NC(=O)COc1ccc(-c2ccc(C(=O)NCC3(O)CCCNC3)cc2)cc1. The monoisotopic (exact) mass is 419 g/mol. The van der Waals surface area contributed by atoms with Gasteiger partial charge in [-0.1, -0.05) is 24.3 Å². The van der Waals surface area contributed by atoms with Crippen molar-refractivity contribution in [2.24, 2.45) is 5.73 Å². The van der Waals surface area contributed by atoms with E-state index in [2.05, 4.69) is 10.6 Å². The third-order valence-electron chi connectivity index (χ3n) is 4.74. The van der Waals surface area contributed by atoms with Crippen LogP contribution in [0.4, 0.5) is 0 Å². The normalized spacial score (nSPS) is 18.4. The molecule has 1 heterocycles. The van der Waals surface area contributed by atoms with Crippen molar-refractivity contribution in [1.82, 2.24) is 10.6 Å². The number of halogens is 1. The number of hydrogen-bond acceptors (Lipinski definition) is 5. The van der Waals surface area contributed by atoms with E-state index in [1.807, 2.05) is 24.3 Å². The Morgan fingerprint density at radius 2 is 1.72 bits per heavy atom. The summed E-state index contributed by atoms with van der Waals surface area (Å²) in [7, 11) is 0. The minimum absolute atomic E-state index is 0. The molecular formula is C21H26ClN3O4.